The van der Waals surface area contributed by atoms with Crippen LogP contribution in [0.1, 0.15) is 31.2 Å². The Labute approximate surface area is 100 Å². The molecule has 1 saturated carbocycles. The Morgan fingerprint density at radius 2 is 1.94 bits per heavy atom. The van der Waals surface area contributed by atoms with Crippen LogP contribution in [0.2, 0.25) is 0 Å². The van der Waals surface area contributed by atoms with E-state index in [4.69, 9.17) is 5.73 Å². The van der Waals surface area contributed by atoms with Gasteiger partial charge in [-0.2, -0.15) is 5.10 Å². The summed E-state index contributed by atoms with van der Waals surface area (Å²) in [5.74, 6) is 0. The van der Waals surface area contributed by atoms with Gasteiger partial charge in [0.1, 0.15) is 12.7 Å². The van der Waals surface area contributed by atoms with E-state index in [1.54, 1.807) is 17.3 Å². The maximum absolute atomic E-state index is 6.53. The summed E-state index contributed by atoms with van der Waals surface area (Å²) < 4.78 is 1.79. The van der Waals surface area contributed by atoms with Crippen molar-refractivity contribution >= 4 is 0 Å². The normalized spacial score (nSPS) is 18.4. The number of para-hydroxylation sites is 1. The molecule has 0 spiro atoms. The molecular weight excluding hydrogens is 212 g/mol. The van der Waals surface area contributed by atoms with Crippen LogP contribution in [-0.2, 0) is 5.54 Å². The minimum absolute atomic E-state index is 0.192. The van der Waals surface area contributed by atoms with Crippen LogP contribution in [0.4, 0.5) is 0 Å². The van der Waals surface area contributed by atoms with E-state index in [0.717, 1.165) is 18.5 Å². The second-order valence-corrected chi connectivity index (χ2v) is 4.72. The molecule has 2 N–H and O–H groups in total. The summed E-state index contributed by atoms with van der Waals surface area (Å²) in [6, 6.07) is 8.22. The van der Waals surface area contributed by atoms with E-state index in [0.29, 0.717) is 0 Å². The molecule has 1 aromatic heterocycles. The van der Waals surface area contributed by atoms with E-state index >= 15 is 0 Å². The fourth-order valence-corrected chi connectivity index (χ4v) is 2.70. The molecule has 0 amide bonds. The van der Waals surface area contributed by atoms with Crippen molar-refractivity contribution < 1.29 is 0 Å². The highest BCUT2D eigenvalue weighted by Gasteiger charge is 2.33. The van der Waals surface area contributed by atoms with E-state index in [9.17, 15) is 0 Å². The monoisotopic (exact) mass is 228 g/mol. The first-order valence-electron chi connectivity index (χ1n) is 6.03. The van der Waals surface area contributed by atoms with Crippen LogP contribution >= 0.6 is 0 Å². The lowest BCUT2D eigenvalue weighted by Gasteiger charge is -2.26. The molecule has 0 aliphatic heterocycles. The summed E-state index contributed by atoms with van der Waals surface area (Å²) in [6.07, 6.45) is 7.80. The first-order valence-corrected chi connectivity index (χ1v) is 6.03. The first kappa shape index (κ1) is 10.5. The molecule has 88 valence electrons. The Morgan fingerprint density at radius 1 is 1.18 bits per heavy atom. The van der Waals surface area contributed by atoms with Gasteiger partial charge < -0.3 is 5.73 Å². The van der Waals surface area contributed by atoms with Crippen molar-refractivity contribution in [2.45, 2.75) is 31.2 Å². The van der Waals surface area contributed by atoms with Gasteiger partial charge in [0.2, 0.25) is 0 Å². The predicted octanol–water partition coefficient (Wildman–Crippen LogP) is 2.00. The number of benzene rings is 1. The van der Waals surface area contributed by atoms with E-state index < -0.39 is 0 Å². The first-order chi connectivity index (χ1) is 8.30. The van der Waals surface area contributed by atoms with E-state index in [1.165, 1.54) is 18.4 Å². The third-order valence-electron chi connectivity index (χ3n) is 3.60. The van der Waals surface area contributed by atoms with Gasteiger partial charge in [0.05, 0.1) is 5.69 Å². The zero-order valence-corrected chi connectivity index (χ0v) is 9.71. The van der Waals surface area contributed by atoms with Crippen molar-refractivity contribution in [3.8, 4) is 5.69 Å². The molecule has 1 aliphatic carbocycles. The fraction of sp³-hybridized carbons (Fsp3) is 0.385. The molecule has 4 nitrogen and oxygen atoms in total. The van der Waals surface area contributed by atoms with E-state index in [2.05, 4.69) is 22.2 Å². The van der Waals surface area contributed by atoms with Crippen LogP contribution in [0.5, 0.6) is 0 Å². The van der Waals surface area contributed by atoms with Crippen LogP contribution in [0.15, 0.2) is 36.9 Å². The molecule has 0 saturated heterocycles. The lowest BCUT2D eigenvalue weighted by atomic mass is 9.88. The molecule has 0 atom stereocenters. The Balaban J connectivity index is 2.11. The number of nitrogens with two attached hydrogens (primary N) is 1. The molecule has 1 fully saturated rings. The lowest BCUT2D eigenvalue weighted by Crippen LogP contribution is -2.34. The van der Waals surface area contributed by atoms with Crippen LogP contribution in [0.3, 0.4) is 0 Å². The summed E-state index contributed by atoms with van der Waals surface area (Å²) in [5.41, 5.74) is 8.57. The number of hydrogen-bond acceptors (Lipinski definition) is 3. The third kappa shape index (κ3) is 1.74. The minimum Gasteiger partial charge on any atom is -0.321 e. The van der Waals surface area contributed by atoms with Gasteiger partial charge in [-0.1, -0.05) is 31.0 Å². The van der Waals surface area contributed by atoms with Gasteiger partial charge in [-0.25, -0.2) is 9.67 Å². The highest BCUT2D eigenvalue weighted by atomic mass is 15.3. The van der Waals surface area contributed by atoms with Crippen LogP contribution in [0, 0.1) is 0 Å². The second kappa shape index (κ2) is 3.96. The largest absolute Gasteiger partial charge is 0.321 e. The average Bonchev–Trinajstić information content (AvgIpc) is 3.00. The standard InChI is InChI=1S/C13H16N4/c14-13(7-3-4-8-13)11-5-1-2-6-12(11)17-10-15-9-16-17/h1-2,5-6,9-10H,3-4,7-8,14H2. The number of aromatic nitrogens is 3. The molecule has 2 aromatic rings. The molecule has 4 heteroatoms. The van der Waals surface area contributed by atoms with E-state index in [1.807, 2.05) is 12.1 Å². The SMILES string of the molecule is NC1(c2ccccc2-n2cncn2)CCCC1. The molecule has 0 unspecified atom stereocenters. The van der Waals surface area contributed by atoms with Gasteiger partial charge in [-0.05, 0) is 24.5 Å². The molecular formula is C13H16N4. The topological polar surface area (TPSA) is 56.7 Å². The zero-order valence-electron chi connectivity index (χ0n) is 9.71. The Bertz CT molecular complexity index is 498. The Kier molecular flexibility index (Phi) is 2.44. The van der Waals surface area contributed by atoms with Crippen molar-refractivity contribution in [2.75, 3.05) is 0 Å². The quantitative estimate of drug-likeness (QED) is 0.855. The van der Waals surface area contributed by atoms with Crippen LogP contribution in [0.25, 0.3) is 5.69 Å². The van der Waals surface area contributed by atoms with Crippen molar-refractivity contribution in [1.29, 1.82) is 0 Å². The van der Waals surface area contributed by atoms with Crippen molar-refractivity contribution in [1.82, 2.24) is 14.8 Å². The zero-order chi connectivity index (χ0) is 11.7. The Hall–Kier alpha value is -1.68. The predicted molar refractivity (Wildman–Crippen MR) is 65.7 cm³/mol. The smallest absolute Gasteiger partial charge is 0.138 e. The lowest BCUT2D eigenvalue weighted by molar-refractivity contribution is 0.459. The maximum atomic E-state index is 6.53. The van der Waals surface area contributed by atoms with Crippen molar-refractivity contribution in [3.05, 3.63) is 42.5 Å². The Morgan fingerprint density at radius 3 is 2.65 bits per heavy atom. The highest BCUT2D eigenvalue weighted by Crippen LogP contribution is 2.38. The molecule has 17 heavy (non-hydrogen) atoms. The van der Waals surface area contributed by atoms with Crippen LogP contribution in [-0.4, -0.2) is 14.8 Å². The van der Waals surface area contributed by atoms with Crippen molar-refractivity contribution in [3.63, 3.8) is 0 Å². The van der Waals surface area contributed by atoms with Gasteiger partial charge in [0, 0.05) is 5.54 Å². The number of rotatable bonds is 2. The molecule has 1 heterocycles. The summed E-state index contributed by atoms with van der Waals surface area (Å²) in [7, 11) is 0. The van der Waals surface area contributed by atoms with E-state index in [-0.39, 0.29) is 5.54 Å². The summed E-state index contributed by atoms with van der Waals surface area (Å²) >= 11 is 0. The second-order valence-electron chi connectivity index (χ2n) is 4.72. The summed E-state index contributed by atoms with van der Waals surface area (Å²) in [4.78, 5) is 4.00. The average molecular weight is 228 g/mol. The minimum atomic E-state index is -0.192. The summed E-state index contributed by atoms with van der Waals surface area (Å²) in [6.45, 7) is 0. The number of nitrogens with zero attached hydrogens (tertiary/aromatic N) is 3. The number of hydrogen-bond donors (Lipinski definition) is 1. The van der Waals surface area contributed by atoms with Crippen LogP contribution < -0.4 is 5.73 Å². The van der Waals surface area contributed by atoms with Gasteiger partial charge in [-0.3, -0.25) is 0 Å². The molecule has 1 aliphatic rings. The van der Waals surface area contributed by atoms with Gasteiger partial charge in [0.25, 0.3) is 0 Å². The molecule has 1 aromatic carbocycles. The summed E-state index contributed by atoms with van der Waals surface area (Å²) in [5, 5.41) is 4.20. The molecule has 0 bridgehead atoms. The molecule has 0 radical (unpaired) electrons. The fourth-order valence-electron chi connectivity index (χ4n) is 2.70. The molecule has 3 rings (SSSR count). The van der Waals surface area contributed by atoms with Gasteiger partial charge in [-0.15, -0.1) is 0 Å². The third-order valence-corrected chi connectivity index (χ3v) is 3.60. The van der Waals surface area contributed by atoms with Crippen molar-refractivity contribution in [2.24, 2.45) is 5.73 Å². The van der Waals surface area contributed by atoms with Gasteiger partial charge in [0.15, 0.2) is 0 Å². The highest BCUT2D eigenvalue weighted by molar-refractivity contribution is 5.44. The van der Waals surface area contributed by atoms with Gasteiger partial charge >= 0.3 is 0 Å². The maximum Gasteiger partial charge on any atom is 0.138 e.